The van der Waals surface area contributed by atoms with Crippen LogP contribution < -0.4 is 9.47 Å². The van der Waals surface area contributed by atoms with E-state index in [-0.39, 0.29) is 0 Å². The summed E-state index contributed by atoms with van der Waals surface area (Å²) in [6.07, 6.45) is 4.47. The Labute approximate surface area is 170 Å². The number of hydrogen-bond acceptors (Lipinski definition) is 6. The molecule has 4 rings (SSSR count). The minimum absolute atomic E-state index is 0.888. The Morgan fingerprint density at radius 3 is 1.23 bits per heavy atom. The quantitative estimate of drug-likeness (QED) is 0.526. The van der Waals surface area contributed by atoms with Gasteiger partial charge in [-0.05, 0) is 47.5 Å². The Hall–Kier alpha value is -1.34. The van der Waals surface area contributed by atoms with Gasteiger partial charge in [0.2, 0.25) is 0 Å². The van der Waals surface area contributed by atoms with Crippen molar-refractivity contribution < 1.29 is 9.47 Å². The average Bonchev–Trinajstić information content (AvgIpc) is 3.21. The minimum Gasteiger partial charge on any atom is -0.497 e. The van der Waals surface area contributed by atoms with Gasteiger partial charge in [0.15, 0.2) is 0 Å². The number of ether oxygens (including phenoxy) is 2. The van der Waals surface area contributed by atoms with Crippen LogP contribution in [0.5, 0.6) is 11.5 Å². The molecule has 2 nitrogen and oxygen atoms in total. The summed E-state index contributed by atoms with van der Waals surface area (Å²) in [7, 11) is 3.38. The van der Waals surface area contributed by atoms with E-state index in [0.29, 0.717) is 0 Å². The largest absolute Gasteiger partial charge is 0.497 e. The molecule has 0 saturated heterocycles. The molecule has 2 aliphatic rings. The highest BCUT2D eigenvalue weighted by Gasteiger charge is 2.29. The van der Waals surface area contributed by atoms with E-state index in [1.165, 1.54) is 28.1 Å². The van der Waals surface area contributed by atoms with E-state index >= 15 is 0 Å². The van der Waals surface area contributed by atoms with Crippen LogP contribution in [0.4, 0.5) is 0 Å². The maximum absolute atomic E-state index is 5.21. The number of rotatable bonds is 4. The predicted octanol–water partition coefficient (Wildman–Crippen LogP) is 7.09. The number of thioether (sulfide) groups is 4. The van der Waals surface area contributed by atoms with Gasteiger partial charge in [-0.3, -0.25) is 0 Å². The Kier molecular flexibility index (Phi) is 5.64. The fourth-order valence-electron chi connectivity index (χ4n) is 2.41. The van der Waals surface area contributed by atoms with E-state index in [1.807, 2.05) is 71.3 Å². The third-order valence-corrected chi connectivity index (χ3v) is 9.09. The lowest BCUT2D eigenvalue weighted by atomic mass is 10.2. The van der Waals surface area contributed by atoms with Crippen molar-refractivity contribution in [2.45, 2.75) is 0 Å². The number of hydrogen-bond donors (Lipinski definition) is 0. The van der Waals surface area contributed by atoms with Gasteiger partial charge in [0, 0.05) is 0 Å². The van der Waals surface area contributed by atoms with Crippen molar-refractivity contribution >= 4 is 59.2 Å². The Balaban J connectivity index is 1.40. The second-order valence-corrected chi connectivity index (χ2v) is 10.7. The van der Waals surface area contributed by atoms with Gasteiger partial charge in [0.05, 0.1) is 31.2 Å². The van der Waals surface area contributed by atoms with Crippen molar-refractivity contribution in [1.82, 2.24) is 0 Å². The molecule has 0 unspecified atom stereocenters. The predicted molar refractivity (Wildman–Crippen MR) is 119 cm³/mol. The molecular weight excluding hydrogens is 400 g/mol. The maximum Gasteiger partial charge on any atom is 0.118 e. The first-order valence-electron chi connectivity index (χ1n) is 7.91. The van der Waals surface area contributed by atoms with Crippen molar-refractivity contribution in [3.63, 3.8) is 0 Å². The molecule has 0 radical (unpaired) electrons. The van der Waals surface area contributed by atoms with Gasteiger partial charge in [-0.25, -0.2) is 0 Å². The summed E-state index contributed by atoms with van der Waals surface area (Å²) < 4.78 is 15.9. The van der Waals surface area contributed by atoms with Crippen LogP contribution in [-0.4, -0.2) is 14.2 Å². The molecule has 2 aromatic rings. The van der Waals surface area contributed by atoms with E-state index in [9.17, 15) is 0 Å². The molecule has 0 aliphatic carbocycles. The SMILES string of the molecule is COc1ccc(C=C2SC3=C(S2)SC(=Cc2ccc(OC)cc2)S3)cc1. The monoisotopic (exact) mass is 416 g/mol. The van der Waals surface area contributed by atoms with E-state index in [4.69, 9.17) is 9.47 Å². The third kappa shape index (κ3) is 4.14. The number of benzene rings is 2. The van der Waals surface area contributed by atoms with Gasteiger partial charge in [-0.2, -0.15) is 0 Å². The van der Waals surface area contributed by atoms with Crippen LogP contribution in [0.3, 0.4) is 0 Å². The zero-order valence-electron chi connectivity index (χ0n) is 14.2. The summed E-state index contributed by atoms with van der Waals surface area (Å²) in [5, 5.41) is 0. The molecule has 0 fully saturated rings. The lowest BCUT2D eigenvalue weighted by molar-refractivity contribution is 0.414. The molecule has 6 heteroatoms. The Bertz CT molecular complexity index is 801. The van der Waals surface area contributed by atoms with Gasteiger partial charge < -0.3 is 9.47 Å². The first kappa shape index (κ1) is 18.0. The second-order valence-electron chi connectivity index (χ2n) is 5.46. The van der Waals surface area contributed by atoms with Crippen LogP contribution >= 0.6 is 47.0 Å². The molecule has 0 atom stereocenters. The Morgan fingerprint density at radius 1 is 0.577 bits per heavy atom. The van der Waals surface area contributed by atoms with Crippen molar-refractivity contribution in [3.05, 3.63) is 76.6 Å². The zero-order valence-corrected chi connectivity index (χ0v) is 17.5. The van der Waals surface area contributed by atoms with E-state index in [1.54, 1.807) is 14.2 Å². The standard InChI is InChI=1S/C20H16O2S4/c1-21-15-7-3-13(4-8-15)11-17-23-19-20(24-17)26-18(25-19)12-14-5-9-16(22-2)10-6-14/h3-12H,1-2H3. The second kappa shape index (κ2) is 8.13. The first-order valence-corrected chi connectivity index (χ1v) is 11.2. The van der Waals surface area contributed by atoms with Crippen LogP contribution in [0.1, 0.15) is 11.1 Å². The van der Waals surface area contributed by atoms with Gasteiger partial charge in [0.25, 0.3) is 0 Å². The minimum atomic E-state index is 0.888. The van der Waals surface area contributed by atoms with Crippen molar-refractivity contribution in [3.8, 4) is 11.5 Å². The van der Waals surface area contributed by atoms with E-state index < -0.39 is 0 Å². The third-order valence-electron chi connectivity index (χ3n) is 3.74. The van der Waals surface area contributed by atoms with Crippen molar-refractivity contribution in [2.24, 2.45) is 0 Å². The summed E-state index contributed by atoms with van der Waals surface area (Å²) in [6, 6.07) is 16.3. The summed E-state index contributed by atoms with van der Waals surface area (Å²) in [5.41, 5.74) is 2.40. The molecule has 0 aromatic heterocycles. The summed E-state index contributed by atoms with van der Waals surface area (Å²) in [5.74, 6) is 1.78. The number of methoxy groups -OCH3 is 2. The summed E-state index contributed by atoms with van der Waals surface area (Å²) in [6.45, 7) is 0. The lowest BCUT2D eigenvalue weighted by Crippen LogP contribution is -1.81. The molecule has 0 spiro atoms. The van der Waals surface area contributed by atoms with Gasteiger partial charge in [0.1, 0.15) is 11.5 Å². The first-order chi connectivity index (χ1) is 12.7. The van der Waals surface area contributed by atoms with Crippen molar-refractivity contribution in [1.29, 1.82) is 0 Å². The van der Waals surface area contributed by atoms with Crippen LogP contribution in [-0.2, 0) is 0 Å². The van der Waals surface area contributed by atoms with Crippen LogP contribution in [0.2, 0.25) is 0 Å². The van der Waals surface area contributed by atoms with E-state index in [2.05, 4.69) is 36.4 Å². The topological polar surface area (TPSA) is 18.5 Å². The smallest absolute Gasteiger partial charge is 0.118 e. The maximum atomic E-state index is 5.21. The van der Waals surface area contributed by atoms with Gasteiger partial charge in [-0.1, -0.05) is 71.3 Å². The molecule has 0 saturated carbocycles. The Morgan fingerprint density at radius 2 is 0.923 bits per heavy atom. The normalized spacial score (nSPS) is 15.9. The van der Waals surface area contributed by atoms with Gasteiger partial charge >= 0.3 is 0 Å². The molecule has 2 aliphatic heterocycles. The van der Waals surface area contributed by atoms with Crippen LogP contribution in [0.25, 0.3) is 12.2 Å². The highest BCUT2D eigenvalue weighted by molar-refractivity contribution is 8.48. The van der Waals surface area contributed by atoms with Crippen LogP contribution in [0.15, 0.2) is 65.5 Å². The molecule has 0 bridgehead atoms. The zero-order chi connectivity index (χ0) is 17.9. The van der Waals surface area contributed by atoms with Crippen LogP contribution in [0, 0.1) is 0 Å². The molecule has 0 N–H and O–H groups in total. The van der Waals surface area contributed by atoms with E-state index in [0.717, 1.165) is 11.5 Å². The lowest BCUT2D eigenvalue weighted by Gasteiger charge is -2.04. The highest BCUT2D eigenvalue weighted by atomic mass is 32.3. The molecule has 132 valence electrons. The van der Waals surface area contributed by atoms with Gasteiger partial charge in [-0.15, -0.1) is 0 Å². The molecular formula is C20H16O2S4. The average molecular weight is 417 g/mol. The summed E-state index contributed by atoms with van der Waals surface area (Å²) in [4.78, 5) is 0. The van der Waals surface area contributed by atoms with Crippen molar-refractivity contribution in [2.75, 3.05) is 14.2 Å². The fourth-order valence-corrected chi connectivity index (χ4v) is 8.63. The highest BCUT2D eigenvalue weighted by Crippen LogP contribution is 2.67. The molecule has 2 heterocycles. The molecule has 26 heavy (non-hydrogen) atoms. The molecule has 2 aromatic carbocycles. The fraction of sp³-hybridized carbons (Fsp3) is 0.100. The molecule has 0 amide bonds. The summed E-state index contributed by atoms with van der Waals surface area (Å²) >= 11 is 7.44.